The highest BCUT2D eigenvalue weighted by atomic mass is 16.5. The average molecular weight is 503 g/mol. The van der Waals surface area contributed by atoms with Gasteiger partial charge < -0.3 is 20.1 Å². The van der Waals surface area contributed by atoms with E-state index >= 15 is 0 Å². The standard InChI is InChI=1S/C30H46O6/c1-26(2)13-14-30(25(35)36-6)12-9-18-17(19(30)15-26)7-8-21-27(18,3)11-10-22-28(21,4)16-20(31)23(32)29(22,5)24(33)34/h19-23,31-32H,7-16H2,1-6H3,(H,33,34)/t19-,20-,21-,22+,23-,27-,28+,29-,30+/m0/s1. The van der Waals surface area contributed by atoms with E-state index in [9.17, 15) is 24.9 Å². The number of fused-ring (bicyclic) bond motifs is 6. The Morgan fingerprint density at radius 3 is 2.22 bits per heavy atom. The third kappa shape index (κ3) is 3.22. The van der Waals surface area contributed by atoms with E-state index in [2.05, 4.69) is 27.7 Å². The molecule has 202 valence electrons. The van der Waals surface area contributed by atoms with Crippen molar-refractivity contribution in [2.24, 2.45) is 44.8 Å². The summed E-state index contributed by atoms with van der Waals surface area (Å²) in [6.07, 6.45) is 6.29. The van der Waals surface area contributed by atoms with Gasteiger partial charge in [0.25, 0.3) is 0 Å². The van der Waals surface area contributed by atoms with Crippen molar-refractivity contribution in [3.05, 3.63) is 11.1 Å². The quantitative estimate of drug-likeness (QED) is 0.358. The molecule has 0 aliphatic heterocycles. The van der Waals surface area contributed by atoms with Crippen LogP contribution in [0.1, 0.15) is 98.8 Å². The first kappa shape index (κ1) is 26.2. The number of aliphatic carboxylic acids is 1. The fraction of sp³-hybridized carbons (Fsp3) is 0.867. The molecule has 0 aromatic rings. The van der Waals surface area contributed by atoms with Gasteiger partial charge in [0.2, 0.25) is 0 Å². The first-order chi connectivity index (χ1) is 16.7. The summed E-state index contributed by atoms with van der Waals surface area (Å²) in [6, 6.07) is 0. The Balaban J connectivity index is 1.59. The summed E-state index contributed by atoms with van der Waals surface area (Å²) in [4.78, 5) is 25.8. The molecule has 0 bridgehead atoms. The van der Waals surface area contributed by atoms with Crippen molar-refractivity contribution in [2.45, 2.75) is 111 Å². The van der Waals surface area contributed by atoms with Crippen LogP contribution in [-0.2, 0) is 14.3 Å². The van der Waals surface area contributed by atoms with Crippen LogP contribution in [0.4, 0.5) is 0 Å². The monoisotopic (exact) mass is 502 g/mol. The van der Waals surface area contributed by atoms with Gasteiger partial charge in [-0.05, 0) is 105 Å². The van der Waals surface area contributed by atoms with Crippen LogP contribution >= 0.6 is 0 Å². The molecule has 0 aromatic carbocycles. The zero-order valence-corrected chi connectivity index (χ0v) is 23.0. The smallest absolute Gasteiger partial charge is 0.312 e. The fourth-order valence-corrected chi connectivity index (χ4v) is 10.5. The van der Waals surface area contributed by atoms with Gasteiger partial charge in [-0.15, -0.1) is 0 Å². The SMILES string of the molecule is COC(=O)[C@@]12CCC3=C(CC[C@@H]4[C@@]5(C)C[C@H](O)[C@H](O)[C@@](C)(C(=O)O)[C@@H]5CC[C@@]34C)[C@@H]1CC(C)(C)CC2. The Hall–Kier alpha value is -1.40. The van der Waals surface area contributed by atoms with Crippen LogP contribution in [0.25, 0.3) is 0 Å². The largest absolute Gasteiger partial charge is 0.481 e. The maximum Gasteiger partial charge on any atom is 0.312 e. The Bertz CT molecular complexity index is 999. The summed E-state index contributed by atoms with van der Waals surface area (Å²) in [5.74, 6) is -0.782. The highest BCUT2D eigenvalue weighted by molar-refractivity contribution is 5.79. The Labute approximate surface area is 215 Å². The van der Waals surface area contributed by atoms with Gasteiger partial charge in [-0.25, -0.2) is 0 Å². The zero-order valence-electron chi connectivity index (χ0n) is 23.0. The molecule has 3 saturated carbocycles. The lowest BCUT2D eigenvalue weighted by molar-refractivity contribution is -0.224. The predicted octanol–water partition coefficient (Wildman–Crippen LogP) is 5.11. The number of hydrogen-bond acceptors (Lipinski definition) is 5. The minimum atomic E-state index is -1.36. The Morgan fingerprint density at radius 1 is 0.889 bits per heavy atom. The van der Waals surface area contributed by atoms with Crippen molar-refractivity contribution in [3.63, 3.8) is 0 Å². The first-order valence-corrected chi connectivity index (χ1v) is 14.1. The van der Waals surface area contributed by atoms with Gasteiger partial charge in [0.05, 0.1) is 30.1 Å². The molecule has 3 N–H and O–H groups in total. The van der Waals surface area contributed by atoms with Gasteiger partial charge in [0, 0.05) is 0 Å². The fourth-order valence-electron chi connectivity index (χ4n) is 10.5. The van der Waals surface area contributed by atoms with E-state index in [1.807, 2.05) is 0 Å². The van der Waals surface area contributed by atoms with Gasteiger partial charge in [0.15, 0.2) is 0 Å². The molecule has 9 atom stereocenters. The van der Waals surface area contributed by atoms with E-state index in [1.54, 1.807) is 6.92 Å². The summed E-state index contributed by atoms with van der Waals surface area (Å²) in [5, 5.41) is 32.0. The van der Waals surface area contributed by atoms with Crippen LogP contribution in [0.3, 0.4) is 0 Å². The number of rotatable bonds is 2. The van der Waals surface area contributed by atoms with Crippen molar-refractivity contribution < 1.29 is 29.6 Å². The van der Waals surface area contributed by atoms with Crippen LogP contribution in [-0.4, -0.2) is 46.6 Å². The number of esters is 1. The Morgan fingerprint density at radius 2 is 1.58 bits per heavy atom. The molecule has 0 unspecified atom stereocenters. The molecule has 5 aliphatic rings. The van der Waals surface area contributed by atoms with Crippen molar-refractivity contribution in [3.8, 4) is 0 Å². The molecule has 6 heteroatoms. The van der Waals surface area contributed by atoms with Crippen molar-refractivity contribution >= 4 is 11.9 Å². The zero-order chi connectivity index (χ0) is 26.5. The second-order valence-corrected chi connectivity index (χ2v) is 14.5. The molecule has 36 heavy (non-hydrogen) atoms. The summed E-state index contributed by atoms with van der Waals surface area (Å²) in [6.45, 7) is 10.9. The lowest BCUT2D eigenvalue weighted by atomic mass is 9.38. The van der Waals surface area contributed by atoms with Gasteiger partial charge in [-0.1, -0.05) is 38.8 Å². The van der Waals surface area contributed by atoms with Crippen molar-refractivity contribution in [1.82, 2.24) is 0 Å². The van der Waals surface area contributed by atoms with E-state index in [0.717, 1.165) is 57.8 Å². The summed E-state index contributed by atoms with van der Waals surface area (Å²) in [7, 11) is 1.53. The predicted molar refractivity (Wildman–Crippen MR) is 136 cm³/mol. The molecular formula is C30H46O6. The average Bonchev–Trinajstić information content (AvgIpc) is 2.81. The number of hydrogen-bond donors (Lipinski definition) is 3. The van der Waals surface area contributed by atoms with E-state index in [4.69, 9.17) is 4.74 Å². The maximum atomic E-state index is 13.3. The molecule has 6 nitrogen and oxygen atoms in total. The minimum Gasteiger partial charge on any atom is -0.481 e. The van der Waals surface area contributed by atoms with Crippen molar-refractivity contribution in [1.29, 1.82) is 0 Å². The molecule has 0 amide bonds. The highest BCUT2D eigenvalue weighted by Gasteiger charge is 2.68. The molecule has 0 saturated heterocycles. The van der Waals surface area contributed by atoms with Gasteiger partial charge >= 0.3 is 11.9 Å². The lowest BCUT2D eigenvalue weighted by Gasteiger charge is -2.67. The van der Waals surface area contributed by atoms with Crippen LogP contribution < -0.4 is 0 Å². The van der Waals surface area contributed by atoms with Crippen LogP contribution in [0.15, 0.2) is 11.1 Å². The number of methoxy groups -OCH3 is 1. The first-order valence-electron chi connectivity index (χ1n) is 14.1. The van der Waals surface area contributed by atoms with Crippen LogP contribution in [0, 0.1) is 44.8 Å². The third-order valence-corrected chi connectivity index (χ3v) is 12.4. The second-order valence-electron chi connectivity index (χ2n) is 14.5. The van der Waals surface area contributed by atoms with E-state index in [-0.39, 0.29) is 40.0 Å². The number of carbonyl (C=O) groups is 2. The maximum absolute atomic E-state index is 13.3. The van der Waals surface area contributed by atoms with Gasteiger partial charge in [-0.2, -0.15) is 0 Å². The molecule has 0 radical (unpaired) electrons. The molecule has 5 rings (SSSR count). The van der Waals surface area contributed by atoms with Gasteiger partial charge in [0.1, 0.15) is 0 Å². The molecular weight excluding hydrogens is 456 g/mol. The number of ether oxygens (including phenoxy) is 1. The lowest BCUT2D eigenvalue weighted by Crippen LogP contribution is -2.66. The van der Waals surface area contributed by atoms with E-state index in [0.29, 0.717) is 6.42 Å². The number of carbonyl (C=O) groups excluding carboxylic acids is 1. The number of aliphatic hydroxyl groups is 2. The molecule has 0 heterocycles. The van der Waals surface area contributed by atoms with Crippen LogP contribution in [0.2, 0.25) is 0 Å². The third-order valence-electron chi connectivity index (χ3n) is 12.4. The molecule has 0 aromatic heterocycles. The summed E-state index contributed by atoms with van der Waals surface area (Å²) >= 11 is 0. The molecule has 0 spiro atoms. The second kappa shape index (κ2) is 8.05. The number of aliphatic hydroxyl groups excluding tert-OH is 2. The van der Waals surface area contributed by atoms with Gasteiger partial charge in [-0.3, -0.25) is 9.59 Å². The molecule has 5 aliphatic carbocycles. The number of allylic oxidation sites excluding steroid dienone is 2. The number of carboxylic acid groups (broad SMARTS) is 1. The van der Waals surface area contributed by atoms with Crippen molar-refractivity contribution in [2.75, 3.05) is 7.11 Å². The topological polar surface area (TPSA) is 104 Å². The van der Waals surface area contributed by atoms with E-state index in [1.165, 1.54) is 18.3 Å². The number of carboxylic acids is 1. The van der Waals surface area contributed by atoms with E-state index < -0.39 is 29.0 Å². The molecule has 3 fully saturated rings. The summed E-state index contributed by atoms with van der Waals surface area (Å²) in [5.41, 5.74) is 0.953. The van der Waals surface area contributed by atoms with Crippen LogP contribution in [0.5, 0.6) is 0 Å². The minimum absolute atomic E-state index is 0.0425. The highest BCUT2D eigenvalue weighted by Crippen LogP contribution is 2.71. The normalized spacial score (nSPS) is 49.7. The summed E-state index contributed by atoms with van der Waals surface area (Å²) < 4.78 is 5.41. The Kier molecular flexibility index (Phi) is 5.86.